The third-order valence-electron chi connectivity index (χ3n) is 7.17. The van der Waals surface area contributed by atoms with Gasteiger partial charge in [0.25, 0.3) is 5.91 Å². The van der Waals surface area contributed by atoms with Crippen LogP contribution >= 0.6 is 0 Å². The van der Waals surface area contributed by atoms with Crippen LogP contribution in [-0.2, 0) is 9.89 Å². The lowest BCUT2D eigenvalue weighted by Crippen LogP contribution is -2.39. The van der Waals surface area contributed by atoms with E-state index in [9.17, 15) is 19.4 Å². The van der Waals surface area contributed by atoms with Crippen molar-refractivity contribution in [1.82, 2.24) is 19.5 Å². The smallest absolute Gasteiger partial charge is 0.256 e. The Morgan fingerprint density at radius 1 is 1.29 bits per heavy atom. The van der Waals surface area contributed by atoms with Crippen molar-refractivity contribution in [3.05, 3.63) is 52.8 Å². The standard InChI is InChI=1S/C26H32N8O3S/c1-16-7-8-20(31-38(3,28)37)19(10-16)26(36)33-9-5-4-6-22(33)21-11-24-29-25(17(2)13-34(24)30-21)32-14-18(12-27)23(35)15-32/h7-8,10-11,13,18,22-23,35H,3-6,9,14-15H2,1-2H3,(H3,28,31,37). The first-order valence-electron chi connectivity index (χ1n) is 12.6. The second-order valence-corrected chi connectivity index (χ2v) is 11.9. The van der Waals surface area contributed by atoms with E-state index in [0.29, 0.717) is 42.4 Å². The second-order valence-electron chi connectivity index (χ2n) is 10.2. The van der Waals surface area contributed by atoms with E-state index < -0.39 is 21.9 Å². The first kappa shape index (κ1) is 26.0. The zero-order valence-electron chi connectivity index (χ0n) is 21.5. The quantitative estimate of drug-likeness (QED) is 0.421. The summed E-state index contributed by atoms with van der Waals surface area (Å²) in [5, 5.41) is 29.9. The molecule has 0 bridgehead atoms. The summed E-state index contributed by atoms with van der Waals surface area (Å²) in [5.41, 5.74) is 3.91. The van der Waals surface area contributed by atoms with Crippen molar-refractivity contribution >= 4 is 38.8 Å². The highest BCUT2D eigenvalue weighted by Crippen LogP contribution is 2.34. The minimum atomic E-state index is -3.07. The van der Waals surface area contributed by atoms with Crippen LogP contribution in [0, 0.1) is 31.1 Å². The number of aryl methyl sites for hydroxylation is 2. The number of nitriles is 1. The molecule has 4 N–H and O–H groups in total. The molecule has 0 radical (unpaired) electrons. The number of likely N-dealkylation sites (tertiary alicyclic amines) is 1. The number of aromatic nitrogens is 3. The normalized spacial score (nSPS) is 23.3. The molecule has 5 rings (SSSR count). The van der Waals surface area contributed by atoms with Crippen LogP contribution in [0.15, 0.2) is 30.5 Å². The molecule has 12 heteroatoms. The van der Waals surface area contributed by atoms with Gasteiger partial charge in [0.1, 0.15) is 15.7 Å². The molecular weight excluding hydrogens is 504 g/mol. The molecule has 200 valence electrons. The zero-order chi connectivity index (χ0) is 27.2. The predicted octanol–water partition coefficient (Wildman–Crippen LogP) is 1.95. The van der Waals surface area contributed by atoms with Crippen molar-refractivity contribution in [2.75, 3.05) is 29.3 Å². The van der Waals surface area contributed by atoms with Crippen LogP contribution in [0.3, 0.4) is 0 Å². The topological polar surface area (TPSA) is 153 Å². The Labute approximate surface area is 222 Å². The molecule has 11 nitrogen and oxygen atoms in total. The third kappa shape index (κ3) is 5.05. The number of benzene rings is 1. The molecule has 4 unspecified atom stereocenters. The molecule has 4 atom stereocenters. The Bertz CT molecular complexity index is 1540. The lowest BCUT2D eigenvalue weighted by molar-refractivity contribution is 0.0606. The Balaban J connectivity index is 1.48. The number of amides is 1. The summed E-state index contributed by atoms with van der Waals surface area (Å²) in [6, 6.07) is 9.09. The van der Waals surface area contributed by atoms with E-state index in [0.717, 1.165) is 36.1 Å². The van der Waals surface area contributed by atoms with Gasteiger partial charge in [-0.25, -0.2) is 18.8 Å². The van der Waals surface area contributed by atoms with Crippen molar-refractivity contribution in [3.63, 3.8) is 0 Å². The van der Waals surface area contributed by atoms with Crippen molar-refractivity contribution in [2.24, 2.45) is 11.1 Å². The van der Waals surface area contributed by atoms with Crippen LogP contribution in [0.2, 0.25) is 0 Å². The lowest BCUT2D eigenvalue weighted by Gasteiger charge is -2.35. The fraction of sp³-hybridized carbons (Fsp3) is 0.423. The molecule has 0 spiro atoms. The number of nitrogens with one attached hydrogen (secondary N) is 1. The van der Waals surface area contributed by atoms with E-state index in [2.05, 4.69) is 16.7 Å². The number of hydrogen-bond donors (Lipinski definition) is 3. The van der Waals surface area contributed by atoms with E-state index in [4.69, 9.17) is 15.2 Å². The molecule has 4 heterocycles. The first-order chi connectivity index (χ1) is 18.0. The summed E-state index contributed by atoms with van der Waals surface area (Å²) < 4.78 is 16.6. The monoisotopic (exact) mass is 536 g/mol. The fourth-order valence-electron chi connectivity index (χ4n) is 5.34. The molecule has 2 saturated heterocycles. The number of rotatable bonds is 5. The largest absolute Gasteiger partial charge is 0.390 e. The van der Waals surface area contributed by atoms with Crippen LogP contribution in [0.25, 0.3) is 5.65 Å². The van der Waals surface area contributed by atoms with E-state index in [1.165, 1.54) is 0 Å². The lowest BCUT2D eigenvalue weighted by atomic mass is 9.97. The summed E-state index contributed by atoms with van der Waals surface area (Å²) in [6.45, 7) is 5.15. The van der Waals surface area contributed by atoms with Gasteiger partial charge in [-0.1, -0.05) is 11.6 Å². The molecule has 2 aromatic heterocycles. The number of aliphatic hydroxyl groups is 1. The SMILES string of the molecule is C=S(N)(=O)Nc1ccc(C)cc1C(=O)N1CCCCC1c1cc2nc(N3CC(O)C(C#N)C3)c(C)cn2n1. The summed E-state index contributed by atoms with van der Waals surface area (Å²) in [4.78, 5) is 22.4. The molecular formula is C26H32N8O3S. The zero-order valence-corrected chi connectivity index (χ0v) is 22.3. The maximum Gasteiger partial charge on any atom is 0.256 e. The molecule has 0 saturated carbocycles. The van der Waals surface area contributed by atoms with Crippen molar-refractivity contribution in [1.29, 1.82) is 5.26 Å². The molecule has 1 aromatic carbocycles. The number of carbonyl (C=O) groups is 1. The predicted molar refractivity (Wildman–Crippen MR) is 147 cm³/mol. The minimum absolute atomic E-state index is 0.194. The number of hydrogen-bond acceptors (Lipinski definition) is 7. The van der Waals surface area contributed by atoms with Crippen LogP contribution in [0.5, 0.6) is 0 Å². The Hall–Kier alpha value is -3.66. The van der Waals surface area contributed by atoms with E-state index in [1.807, 2.05) is 42.0 Å². The van der Waals surface area contributed by atoms with Gasteiger partial charge in [0.2, 0.25) is 0 Å². The highest BCUT2D eigenvalue weighted by atomic mass is 32.2. The van der Waals surface area contributed by atoms with Gasteiger partial charge in [0.15, 0.2) is 5.65 Å². The summed E-state index contributed by atoms with van der Waals surface area (Å²) in [7, 11) is -3.07. The van der Waals surface area contributed by atoms with Gasteiger partial charge in [-0.3, -0.25) is 4.79 Å². The number of nitrogens with two attached hydrogens (primary N) is 1. The van der Waals surface area contributed by atoms with Gasteiger partial charge < -0.3 is 19.6 Å². The van der Waals surface area contributed by atoms with E-state index in [-0.39, 0.29) is 11.9 Å². The Morgan fingerprint density at radius 2 is 2.08 bits per heavy atom. The number of β-amino-alcohol motifs (C(OH)–C–C–N with tert-alkyl or cyclic N) is 1. The molecule has 2 aliphatic rings. The maximum absolute atomic E-state index is 13.9. The molecule has 0 aliphatic carbocycles. The van der Waals surface area contributed by atoms with Crippen molar-refractivity contribution < 1.29 is 14.1 Å². The van der Waals surface area contributed by atoms with Crippen molar-refractivity contribution in [2.45, 2.75) is 45.3 Å². The van der Waals surface area contributed by atoms with Gasteiger partial charge in [-0.05, 0) is 51.1 Å². The van der Waals surface area contributed by atoms with Crippen LogP contribution < -0.4 is 14.8 Å². The van der Waals surface area contributed by atoms with Crippen molar-refractivity contribution in [3.8, 4) is 6.07 Å². The molecule has 2 aliphatic heterocycles. The Kier molecular flexibility index (Phi) is 6.77. The maximum atomic E-state index is 13.9. The number of piperidine rings is 1. The number of nitrogens with zero attached hydrogens (tertiary/aromatic N) is 6. The summed E-state index contributed by atoms with van der Waals surface area (Å²) >= 11 is 0. The number of carbonyl (C=O) groups excluding carboxylic acids is 1. The molecule has 2 fully saturated rings. The van der Waals surface area contributed by atoms with Gasteiger partial charge in [0.05, 0.1) is 41.1 Å². The highest BCUT2D eigenvalue weighted by molar-refractivity contribution is 7.99. The Morgan fingerprint density at radius 3 is 2.79 bits per heavy atom. The minimum Gasteiger partial charge on any atom is -0.390 e. The van der Waals surface area contributed by atoms with Gasteiger partial charge in [-0.15, -0.1) is 0 Å². The average molecular weight is 537 g/mol. The second kappa shape index (κ2) is 9.90. The highest BCUT2D eigenvalue weighted by Gasteiger charge is 2.34. The van der Waals surface area contributed by atoms with Crippen LogP contribution in [0.4, 0.5) is 11.5 Å². The summed E-state index contributed by atoms with van der Waals surface area (Å²) in [6.07, 6.45) is 3.75. The van der Waals surface area contributed by atoms with Crippen LogP contribution in [-0.4, -0.2) is 66.3 Å². The van der Waals surface area contributed by atoms with Gasteiger partial charge >= 0.3 is 0 Å². The number of anilines is 2. The molecule has 3 aromatic rings. The van der Waals surface area contributed by atoms with E-state index in [1.54, 1.807) is 16.6 Å². The molecule has 1 amide bonds. The molecule has 38 heavy (non-hydrogen) atoms. The van der Waals surface area contributed by atoms with Crippen LogP contribution in [0.1, 0.15) is 52.5 Å². The van der Waals surface area contributed by atoms with Gasteiger partial charge in [0, 0.05) is 37.5 Å². The van der Waals surface area contributed by atoms with E-state index >= 15 is 0 Å². The fourth-order valence-corrected chi connectivity index (χ4v) is 5.89. The number of fused-ring (bicyclic) bond motifs is 1. The average Bonchev–Trinajstić information content (AvgIpc) is 3.45. The number of aliphatic hydroxyl groups excluding tert-OH is 1. The third-order valence-corrected chi connectivity index (χ3v) is 7.74. The van der Waals surface area contributed by atoms with Gasteiger partial charge in [-0.2, -0.15) is 10.4 Å². The first-order valence-corrected chi connectivity index (χ1v) is 14.4. The summed E-state index contributed by atoms with van der Waals surface area (Å²) in [5.74, 6) is 3.53.